The van der Waals surface area contributed by atoms with Gasteiger partial charge in [-0.05, 0) is 30.2 Å². The van der Waals surface area contributed by atoms with Crippen molar-refractivity contribution >= 4 is 33.3 Å². The smallest absolute Gasteiger partial charge is 0.288 e. The van der Waals surface area contributed by atoms with Gasteiger partial charge in [0.1, 0.15) is 4.91 Å². The zero-order valence-corrected chi connectivity index (χ0v) is 17.9. The van der Waals surface area contributed by atoms with E-state index in [0.29, 0.717) is 5.56 Å². The van der Waals surface area contributed by atoms with Gasteiger partial charge in [-0.25, -0.2) is 8.42 Å². The Labute approximate surface area is 187 Å². The number of carbonyl (C=O) groups is 1. The minimum absolute atomic E-state index is 0.253. The molecule has 0 atom stereocenters. The van der Waals surface area contributed by atoms with Crippen molar-refractivity contribution in [1.82, 2.24) is 0 Å². The number of ketones is 1. The van der Waals surface area contributed by atoms with Gasteiger partial charge in [-0.3, -0.25) is 4.79 Å². The maximum absolute atomic E-state index is 14.5. The first-order valence-corrected chi connectivity index (χ1v) is 10.6. The molecule has 0 aliphatic carbocycles. The Morgan fingerprint density at radius 2 is 1.30 bits per heavy atom. The number of alkyl halides is 9. The van der Waals surface area contributed by atoms with Crippen LogP contribution >= 0.6 is 11.6 Å². The predicted molar refractivity (Wildman–Crippen MR) is 104 cm³/mol. The summed E-state index contributed by atoms with van der Waals surface area (Å²) in [6.45, 7) is 1.59. The Kier molecular flexibility index (Phi) is 7.07. The zero-order valence-electron chi connectivity index (χ0n) is 16.3. The van der Waals surface area contributed by atoms with E-state index in [4.69, 9.17) is 0 Å². The Hall–Kier alpha value is -2.47. The van der Waals surface area contributed by atoms with Gasteiger partial charge in [0.15, 0.2) is 0 Å². The summed E-state index contributed by atoms with van der Waals surface area (Å²) in [5, 5.41) is -13.1. The monoisotopic (exact) mass is 520 g/mol. The van der Waals surface area contributed by atoms with E-state index in [0.717, 1.165) is 24.3 Å². The summed E-state index contributed by atoms with van der Waals surface area (Å²) < 4.78 is 135. The van der Waals surface area contributed by atoms with E-state index in [1.807, 2.05) is 0 Å². The average molecular weight is 521 g/mol. The van der Waals surface area contributed by atoms with Crippen LogP contribution in [0.3, 0.4) is 0 Å². The van der Waals surface area contributed by atoms with Crippen molar-refractivity contribution in [2.24, 2.45) is 0 Å². The molecule has 2 rings (SSSR count). The SMILES string of the molecule is Cc1ccc(/C=C(/C(=O)c2ccccc2)S(=O)(=O)C(F)(F)C(F)(F)C(F)(F)C(F)(F)Cl)cc1. The van der Waals surface area contributed by atoms with Crippen LogP contribution in [0.2, 0.25) is 0 Å². The standard InChI is InChI=1S/C20H13ClF8O3S/c1-12-7-9-13(10-8-12)11-15(16(30)14-5-3-2-4-6-14)33(31,32)20(28,29)18(24,25)17(22,23)19(21,26)27/h2-11H,1H3/b15-11-. The van der Waals surface area contributed by atoms with Gasteiger partial charge in [-0.2, -0.15) is 35.1 Å². The molecule has 0 spiro atoms. The summed E-state index contributed by atoms with van der Waals surface area (Å²) in [6, 6.07) is 10.5. The predicted octanol–water partition coefficient (Wildman–Crippen LogP) is 6.33. The fraction of sp³-hybridized carbons (Fsp3) is 0.250. The lowest BCUT2D eigenvalue weighted by atomic mass is 10.1. The quantitative estimate of drug-likeness (QED) is 0.177. The van der Waals surface area contributed by atoms with Crippen LogP contribution in [-0.2, 0) is 9.84 Å². The first-order valence-electron chi connectivity index (χ1n) is 8.71. The van der Waals surface area contributed by atoms with Gasteiger partial charge >= 0.3 is 22.5 Å². The first kappa shape index (κ1) is 26.8. The molecule has 0 aromatic heterocycles. The van der Waals surface area contributed by atoms with Gasteiger partial charge in [-0.1, -0.05) is 60.2 Å². The number of allylic oxidation sites excluding steroid dienone is 1. The molecule has 0 amide bonds. The molecule has 0 saturated heterocycles. The molecular formula is C20H13ClF8O3S. The molecule has 33 heavy (non-hydrogen) atoms. The summed E-state index contributed by atoms with van der Waals surface area (Å²) in [5.41, 5.74) is -0.225. The maximum atomic E-state index is 14.5. The number of Topliss-reactive ketones (excluding diaryl/α,β-unsaturated/α-hetero) is 1. The molecule has 13 heteroatoms. The molecule has 180 valence electrons. The number of aryl methyl sites for hydroxylation is 1. The van der Waals surface area contributed by atoms with E-state index in [2.05, 4.69) is 11.6 Å². The van der Waals surface area contributed by atoms with Gasteiger partial charge in [0.2, 0.25) is 5.78 Å². The highest BCUT2D eigenvalue weighted by Crippen LogP contribution is 2.56. The lowest BCUT2D eigenvalue weighted by Crippen LogP contribution is -2.63. The van der Waals surface area contributed by atoms with E-state index in [-0.39, 0.29) is 11.6 Å². The molecule has 3 nitrogen and oxygen atoms in total. The van der Waals surface area contributed by atoms with Crippen molar-refractivity contribution in [3.63, 3.8) is 0 Å². The first-order chi connectivity index (χ1) is 14.9. The summed E-state index contributed by atoms with van der Waals surface area (Å²) in [6.07, 6.45) is 0.255. The van der Waals surface area contributed by atoms with Gasteiger partial charge in [0, 0.05) is 5.56 Å². The Morgan fingerprint density at radius 3 is 1.76 bits per heavy atom. The highest BCUT2D eigenvalue weighted by molar-refractivity contribution is 7.97. The Balaban J connectivity index is 2.78. The zero-order chi connectivity index (χ0) is 25.5. The third-order valence-electron chi connectivity index (χ3n) is 4.38. The number of rotatable bonds is 8. The molecule has 0 fully saturated rings. The van der Waals surface area contributed by atoms with Crippen molar-refractivity contribution < 1.29 is 48.3 Å². The van der Waals surface area contributed by atoms with Crippen LogP contribution in [0.25, 0.3) is 6.08 Å². The van der Waals surface area contributed by atoms with E-state index in [9.17, 15) is 48.3 Å². The molecule has 0 aliphatic rings. The molecule has 2 aromatic carbocycles. The third kappa shape index (κ3) is 4.63. The van der Waals surface area contributed by atoms with Gasteiger partial charge < -0.3 is 0 Å². The third-order valence-corrected chi connectivity index (χ3v) is 6.43. The van der Waals surface area contributed by atoms with E-state index < -0.39 is 48.6 Å². The summed E-state index contributed by atoms with van der Waals surface area (Å²) in [5.74, 6) is -16.0. The number of carbonyl (C=O) groups excluding carboxylic acids is 1. The molecule has 0 heterocycles. The van der Waals surface area contributed by atoms with Crippen molar-refractivity contribution in [2.75, 3.05) is 0 Å². The van der Waals surface area contributed by atoms with Crippen LogP contribution in [-0.4, -0.2) is 36.7 Å². The van der Waals surface area contributed by atoms with Crippen LogP contribution in [0.4, 0.5) is 35.1 Å². The van der Waals surface area contributed by atoms with E-state index in [1.54, 1.807) is 6.92 Å². The van der Waals surface area contributed by atoms with Crippen LogP contribution in [0.15, 0.2) is 59.5 Å². The molecule has 0 aliphatic heterocycles. The summed E-state index contributed by atoms with van der Waals surface area (Å²) >= 11 is 3.88. The second-order valence-corrected chi connectivity index (χ2v) is 9.22. The second kappa shape index (κ2) is 8.71. The van der Waals surface area contributed by atoms with Gasteiger partial charge in [0.05, 0.1) is 0 Å². The lowest BCUT2D eigenvalue weighted by Gasteiger charge is -2.34. The van der Waals surface area contributed by atoms with Crippen molar-refractivity contribution in [1.29, 1.82) is 0 Å². The van der Waals surface area contributed by atoms with Crippen molar-refractivity contribution in [2.45, 2.75) is 29.4 Å². The van der Waals surface area contributed by atoms with Crippen LogP contribution < -0.4 is 0 Å². The van der Waals surface area contributed by atoms with Crippen LogP contribution in [0.5, 0.6) is 0 Å². The Morgan fingerprint density at radius 1 is 0.818 bits per heavy atom. The number of halogens is 9. The summed E-state index contributed by atoms with van der Waals surface area (Å²) in [7, 11) is -7.00. The fourth-order valence-corrected chi connectivity index (χ4v) is 3.99. The summed E-state index contributed by atoms with van der Waals surface area (Å²) in [4.78, 5) is 10.7. The van der Waals surface area contributed by atoms with Crippen LogP contribution in [0, 0.1) is 6.92 Å². The van der Waals surface area contributed by atoms with E-state index >= 15 is 0 Å². The maximum Gasteiger partial charge on any atom is 0.418 e. The Bertz CT molecular complexity index is 1160. The lowest BCUT2D eigenvalue weighted by molar-refractivity contribution is -0.326. The molecular weight excluding hydrogens is 508 g/mol. The number of sulfone groups is 1. The molecule has 0 saturated carbocycles. The number of benzene rings is 2. The average Bonchev–Trinajstić information content (AvgIpc) is 2.72. The van der Waals surface area contributed by atoms with E-state index in [1.165, 1.54) is 30.3 Å². The molecule has 2 aromatic rings. The van der Waals surface area contributed by atoms with Crippen molar-refractivity contribution in [3.8, 4) is 0 Å². The normalized spacial score (nSPS) is 14.3. The molecule has 0 N–H and O–H groups in total. The van der Waals surface area contributed by atoms with Gasteiger partial charge in [-0.15, -0.1) is 0 Å². The fourth-order valence-electron chi connectivity index (χ4n) is 2.48. The molecule has 0 radical (unpaired) electrons. The topological polar surface area (TPSA) is 51.2 Å². The largest absolute Gasteiger partial charge is 0.418 e. The number of hydrogen-bond acceptors (Lipinski definition) is 3. The van der Waals surface area contributed by atoms with Gasteiger partial charge in [0.25, 0.3) is 9.84 Å². The highest BCUT2D eigenvalue weighted by Gasteiger charge is 2.84. The minimum atomic E-state index is -7.21. The highest BCUT2D eigenvalue weighted by atomic mass is 35.5. The minimum Gasteiger partial charge on any atom is -0.288 e. The number of hydrogen-bond donors (Lipinski definition) is 0. The van der Waals surface area contributed by atoms with Crippen LogP contribution in [0.1, 0.15) is 21.5 Å². The second-order valence-electron chi connectivity index (χ2n) is 6.78. The molecule has 0 unspecified atom stereocenters. The molecule has 0 bridgehead atoms. The van der Waals surface area contributed by atoms with Crippen molar-refractivity contribution in [3.05, 3.63) is 76.2 Å².